The van der Waals surface area contributed by atoms with E-state index in [-0.39, 0.29) is 0 Å². The van der Waals surface area contributed by atoms with Crippen molar-refractivity contribution in [3.63, 3.8) is 0 Å². The van der Waals surface area contributed by atoms with Gasteiger partial charge in [0.2, 0.25) is 0 Å². The van der Waals surface area contributed by atoms with Gasteiger partial charge in [-0.05, 0) is 49.1 Å². The summed E-state index contributed by atoms with van der Waals surface area (Å²) in [4.78, 5) is 1.51. The van der Waals surface area contributed by atoms with Gasteiger partial charge in [0, 0.05) is 17.5 Å². The number of thiophene rings is 1. The van der Waals surface area contributed by atoms with Crippen LogP contribution in [0.15, 0.2) is 6.07 Å². The Bertz CT molecular complexity index is 420. The lowest BCUT2D eigenvalue weighted by Crippen LogP contribution is -2.33. The first-order valence-electron chi connectivity index (χ1n) is 7.24. The largest absolute Gasteiger partial charge is 0.309 e. The van der Waals surface area contributed by atoms with Gasteiger partial charge in [-0.2, -0.15) is 0 Å². The van der Waals surface area contributed by atoms with Crippen LogP contribution in [-0.4, -0.2) is 6.54 Å². The Kier molecular flexibility index (Phi) is 3.70. The first-order chi connectivity index (χ1) is 8.72. The summed E-state index contributed by atoms with van der Waals surface area (Å²) in [6, 6.07) is 2.74. The average molecular weight is 284 g/mol. The van der Waals surface area contributed by atoms with Gasteiger partial charge in [0.15, 0.2) is 0 Å². The van der Waals surface area contributed by atoms with Gasteiger partial charge in [-0.15, -0.1) is 11.3 Å². The van der Waals surface area contributed by atoms with Crippen molar-refractivity contribution in [1.29, 1.82) is 0 Å². The molecule has 1 N–H and O–H groups in total. The Labute approximate surface area is 119 Å². The molecule has 1 atom stereocenters. The summed E-state index contributed by atoms with van der Waals surface area (Å²) in [6.07, 6.45) is 9.48. The van der Waals surface area contributed by atoms with Crippen molar-refractivity contribution in [2.45, 2.75) is 57.9 Å². The van der Waals surface area contributed by atoms with Crippen LogP contribution in [0.5, 0.6) is 0 Å². The standard InChI is InChI=1S/C15H22ClNS/c1-2-15(7-3-4-8-15)10-17-12-5-6-13-11(12)9-14(16)18-13/h9,12,17H,2-8,10H2,1H3. The molecule has 3 heteroatoms. The zero-order chi connectivity index (χ0) is 12.6. The van der Waals surface area contributed by atoms with Gasteiger partial charge < -0.3 is 5.32 Å². The average Bonchev–Trinajstić information content (AvgIpc) is 3.03. The summed E-state index contributed by atoms with van der Waals surface area (Å²) in [5, 5.41) is 3.83. The van der Waals surface area contributed by atoms with Gasteiger partial charge in [0.05, 0.1) is 4.34 Å². The van der Waals surface area contributed by atoms with Gasteiger partial charge in [-0.25, -0.2) is 0 Å². The van der Waals surface area contributed by atoms with Gasteiger partial charge in [-0.1, -0.05) is 31.4 Å². The molecule has 1 heterocycles. The van der Waals surface area contributed by atoms with Crippen LogP contribution >= 0.6 is 22.9 Å². The molecular weight excluding hydrogens is 262 g/mol. The van der Waals surface area contributed by atoms with Crippen LogP contribution in [0.2, 0.25) is 4.34 Å². The SMILES string of the molecule is CCC1(CNC2CCc3sc(Cl)cc32)CCCC1. The molecule has 3 rings (SSSR count). The second kappa shape index (κ2) is 5.15. The molecule has 100 valence electrons. The fourth-order valence-electron chi connectivity index (χ4n) is 3.66. The number of nitrogens with one attached hydrogen (secondary N) is 1. The highest BCUT2D eigenvalue weighted by atomic mass is 35.5. The van der Waals surface area contributed by atoms with E-state index >= 15 is 0 Å². The Morgan fingerprint density at radius 3 is 2.94 bits per heavy atom. The second-order valence-electron chi connectivity index (χ2n) is 5.96. The third-order valence-corrected chi connectivity index (χ3v) is 6.32. The molecule has 0 bridgehead atoms. The van der Waals surface area contributed by atoms with Crippen molar-refractivity contribution in [3.05, 3.63) is 20.8 Å². The maximum absolute atomic E-state index is 6.12. The number of hydrogen-bond acceptors (Lipinski definition) is 2. The molecule has 1 nitrogen and oxygen atoms in total. The van der Waals surface area contributed by atoms with E-state index in [9.17, 15) is 0 Å². The van der Waals surface area contributed by atoms with Crippen molar-refractivity contribution < 1.29 is 0 Å². The normalized spacial score (nSPS) is 25.6. The Balaban J connectivity index is 1.64. The summed E-state index contributed by atoms with van der Waals surface area (Å²) in [7, 11) is 0. The van der Waals surface area contributed by atoms with Gasteiger partial charge >= 0.3 is 0 Å². The van der Waals surface area contributed by atoms with Crippen LogP contribution in [0, 0.1) is 5.41 Å². The van der Waals surface area contributed by atoms with Crippen LogP contribution < -0.4 is 5.32 Å². The molecule has 1 aromatic rings. The van der Waals surface area contributed by atoms with Crippen LogP contribution in [0.3, 0.4) is 0 Å². The lowest BCUT2D eigenvalue weighted by molar-refractivity contribution is 0.255. The number of rotatable bonds is 4. The van der Waals surface area contributed by atoms with Crippen molar-refractivity contribution in [1.82, 2.24) is 5.32 Å². The molecule has 0 spiro atoms. The van der Waals surface area contributed by atoms with Crippen molar-refractivity contribution in [3.8, 4) is 0 Å². The summed E-state index contributed by atoms with van der Waals surface area (Å²) < 4.78 is 0.956. The summed E-state index contributed by atoms with van der Waals surface area (Å²) >= 11 is 7.89. The van der Waals surface area contributed by atoms with Crippen molar-refractivity contribution >= 4 is 22.9 Å². The molecule has 18 heavy (non-hydrogen) atoms. The third-order valence-electron chi connectivity index (χ3n) is 4.98. The third kappa shape index (κ3) is 2.35. The zero-order valence-electron chi connectivity index (χ0n) is 11.1. The Morgan fingerprint density at radius 1 is 1.44 bits per heavy atom. The van der Waals surface area contributed by atoms with E-state index in [0.29, 0.717) is 11.5 Å². The monoisotopic (exact) mass is 283 g/mol. The summed E-state index contributed by atoms with van der Waals surface area (Å²) in [6.45, 7) is 3.55. The van der Waals surface area contributed by atoms with Gasteiger partial charge in [0.25, 0.3) is 0 Å². The highest BCUT2D eigenvalue weighted by molar-refractivity contribution is 7.16. The van der Waals surface area contributed by atoms with E-state index in [4.69, 9.17) is 11.6 Å². The summed E-state index contributed by atoms with van der Waals surface area (Å²) in [5.74, 6) is 0. The Morgan fingerprint density at radius 2 is 2.22 bits per heavy atom. The van der Waals surface area contributed by atoms with Gasteiger partial charge in [-0.3, -0.25) is 0 Å². The van der Waals surface area contributed by atoms with Crippen LogP contribution in [0.1, 0.15) is 61.9 Å². The van der Waals surface area contributed by atoms with E-state index in [1.54, 1.807) is 11.3 Å². The highest BCUT2D eigenvalue weighted by Crippen LogP contribution is 2.43. The van der Waals surface area contributed by atoms with Crippen molar-refractivity contribution in [2.75, 3.05) is 6.54 Å². The molecule has 1 fully saturated rings. The van der Waals surface area contributed by atoms with E-state index in [1.807, 2.05) is 0 Å². The fourth-order valence-corrected chi connectivity index (χ4v) is 5.02. The van der Waals surface area contributed by atoms with E-state index in [2.05, 4.69) is 18.3 Å². The van der Waals surface area contributed by atoms with Gasteiger partial charge in [0.1, 0.15) is 0 Å². The van der Waals surface area contributed by atoms with Crippen molar-refractivity contribution in [2.24, 2.45) is 5.41 Å². The number of hydrogen-bond donors (Lipinski definition) is 1. The molecule has 0 amide bonds. The zero-order valence-corrected chi connectivity index (χ0v) is 12.7. The predicted molar refractivity (Wildman–Crippen MR) is 79.6 cm³/mol. The molecule has 1 aromatic heterocycles. The molecule has 1 unspecified atom stereocenters. The molecule has 2 aliphatic rings. The predicted octanol–water partition coefficient (Wildman–Crippen LogP) is 4.95. The number of fused-ring (bicyclic) bond motifs is 1. The number of aryl methyl sites for hydroxylation is 1. The van der Waals surface area contributed by atoms with E-state index in [1.165, 1.54) is 61.9 Å². The fraction of sp³-hybridized carbons (Fsp3) is 0.733. The maximum Gasteiger partial charge on any atom is 0.0934 e. The minimum absolute atomic E-state index is 0.563. The lowest BCUT2D eigenvalue weighted by atomic mass is 9.83. The van der Waals surface area contributed by atoms with Crippen LogP contribution in [0.25, 0.3) is 0 Å². The molecule has 0 aromatic carbocycles. The molecule has 0 radical (unpaired) electrons. The van der Waals surface area contributed by atoms with E-state index in [0.717, 1.165) is 4.34 Å². The second-order valence-corrected chi connectivity index (χ2v) is 7.73. The smallest absolute Gasteiger partial charge is 0.0934 e. The lowest BCUT2D eigenvalue weighted by Gasteiger charge is -2.29. The first kappa shape index (κ1) is 13.0. The Hall–Kier alpha value is -0.0500. The highest BCUT2D eigenvalue weighted by Gasteiger charge is 2.33. The topological polar surface area (TPSA) is 12.0 Å². The molecular formula is C15H22ClNS. The molecule has 0 aliphatic heterocycles. The quantitative estimate of drug-likeness (QED) is 0.824. The minimum atomic E-state index is 0.563. The molecule has 0 saturated heterocycles. The summed E-state index contributed by atoms with van der Waals surface area (Å²) in [5.41, 5.74) is 2.07. The van der Waals surface area contributed by atoms with Crippen LogP contribution in [0.4, 0.5) is 0 Å². The maximum atomic E-state index is 6.12. The molecule has 2 aliphatic carbocycles. The number of halogens is 1. The molecule has 1 saturated carbocycles. The first-order valence-corrected chi connectivity index (χ1v) is 8.43. The van der Waals surface area contributed by atoms with Crippen LogP contribution in [-0.2, 0) is 6.42 Å². The van der Waals surface area contributed by atoms with E-state index < -0.39 is 0 Å². The minimum Gasteiger partial charge on any atom is -0.309 e.